The van der Waals surface area contributed by atoms with Crippen molar-refractivity contribution >= 4 is 10.9 Å². The van der Waals surface area contributed by atoms with Crippen molar-refractivity contribution in [3.05, 3.63) is 65.4 Å². The fourth-order valence-corrected chi connectivity index (χ4v) is 4.15. The highest BCUT2D eigenvalue weighted by Gasteiger charge is 2.22. The van der Waals surface area contributed by atoms with Crippen LogP contribution in [0.1, 0.15) is 35.4 Å². The van der Waals surface area contributed by atoms with Crippen LogP contribution in [0.4, 0.5) is 0 Å². The predicted octanol–water partition coefficient (Wildman–Crippen LogP) is 4.86. The highest BCUT2D eigenvalue weighted by Crippen LogP contribution is 2.34. The number of methoxy groups -OCH3 is 1. The molecular weight excluding hydrogens is 308 g/mol. The number of rotatable bonds is 4. The summed E-state index contributed by atoms with van der Waals surface area (Å²) in [4.78, 5) is 5.94. The molecule has 1 N–H and O–H groups in total. The van der Waals surface area contributed by atoms with Gasteiger partial charge in [0.1, 0.15) is 5.75 Å². The molecule has 1 saturated heterocycles. The largest absolute Gasteiger partial charge is 0.496 e. The Balaban J connectivity index is 1.51. The minimum Gasteiger partial charge on any atom is -0.496 e. The molecule has 25 heavy (non-hydrogen) atoms. The molecule has 0 radical (unpaired) electrons. The third-order valence-electron chi connectivity index (χ3n) is 5.57. The van der Waals surface area contributed by atoms with Crippen LogP contribution >= 0.6 is 0 Å². The average molecular weight is 334 g/mol. The van der Waals surface area contributed by atoms with E-state index in [4.69, 9.17) is 4.74 Å². The van der Waals surface area contributed by atoms with Gasteiger partial charge in [0.15, 0.2) is 0 Å². The van der Waals surface area contributed by atoms with Gasteiger partial charge >= 0.3 is 0 Å². The van der Waals surface area contributed by atoms with Gasteiger partial charge in [-0.05, 0) is 62.0 Å². The van der Waals surface area contributed by atoms with E-state index in [1.54, 1.807) is 7.11 Å². The maximum absolute atomic E-state index is 5.70. The Morgan fingerprint density at radius 1 is 1.12 bits per heavy atom. The third-order valence-corrected chi connectivity index (χ3v) is 5.57. The maximum Gasteiger partial charge on any atom is 0.124 e. The topological polar surface area (TPSA) is 28.3 Å². The fraction of sp³-hybridized carbons (Fsp3) is 0.364. The molecule has 3 heteroatoms. The Hall–Kier alpha value is -2.26. The first-order valence-electron chi connectivity index (χ1n) is 9.17. The van der Waals surface area contributed by atoms with Gasteiger partial charge in [0.2, 0.25) is 0 Å². The summed E-state index contributed by atoms with van der Waals surface area (Å²) in [5.74, 6) is 1.71. The first-order chi connectivity index (χ1) is 12.3. The molecule has 2 aromatic carbocycles. The number of aromatic amines is 1. The molecule has 0 bridgehead atoms. The molecule has 0 spiro atoms. The van der Waals surface area contributed by atoms with Gasteiger partial charge in [0.05, 0.1) is 7.11 Å². The molecule has 3 nitrogen and oxygen atoms in total. The summed E-state index contributed by atoms with van der Waals surface area (Å²) < 4.78 is 5.70. The number of fused-ring (bicyclic) bond motifs is 1. The van der Waals surface area contributed by atoms with Crippen molar-refractivity contribution in [2.24, 2.45) is 0 Å². The second kappa shape index (κ2) is 6.93. The average Bonchev–Trinajstić information content (AvgIpc) is 3.16. The SMILES string of the molecule is COc1cc(C)c2[nH]ccc2c1CN1CCC(c2ccccc2)CC1. The minimum absolute atomic E-state index is 0.699. The zero-order valence-corrected chi connectivity index (χ0v) is 15.1. The van der Waals surface area contributed by atoms with Gasteiger partial charge in [-0.3, -0.25) is 4.90 Å². The Kier molecular flexibility index (Phi) is 4.50. The molecule has 0 amide bonds. The van der Waals surface area contributed by atoms with Crippen LogP contribution in [-0.2, 0) is 6.54 Å². The van der Waals surface area contributed by atoms with Gasteiger partial charge in [-0.1, -0.05) is 30.3 Å². The second-order valence-corrected chi connectivity index (χ2v) is 7.10. The van der Waals surface area contributed by atoms with Gasteiger partial charge < -0.3 is 9.72 Å². The number of H-pyrrole nitrogens is 1. The fourth-order valence-electron chi connectivity index (χ4n) is 4.15. The molecule has 130 valence electrons. The van der Waals surface area contributed by atoms with Crippen LogP contribution in [-0.4, -0.2) is 30.1 Å². The number of hydrogen-bond donors (Lipinski definition) is 1. The molecule has 0 unspecified atom stereocenters. The minimum atomic E-state index is 0.699. The van der Waals surface area contributed by atoms with Crippen molar-refractivity contribution in [2.45, 2.75) is 32.2 Å². The summed E-state index contributed by atoms with van der Waals surface area (Å²) in [7, 11) is 1.78. The van der Waals surface area contributed by atoms with E-state index in [2.05, 4.69) is 59.3 Å². The summed E-state index contributed by atoms with van der Waals surface area (Å²) in [5, 5.41) is 1.29. The van der Waals surface area contributed by atoms with E-state index in [9.17, 15) is 0 Å². The number of benzene rings is 2. The zero-order chi connectivity index (χ0) is 17.2. The molecule has 0 atom stereocenters. The normalized spacial score (nSPS) is 16.4. The number of piperidine rings is 1. The lowest BCUT2D eigenvalue weighted by Crippen LogP contribution is -2.32. The van der Waals surface area contributed by atoms with Crippen molar-refractivity contribution in [3.63, 3.8) is 0 Å². The van der Waals surface area contributed by atoms with E-state index in [0.717, 1.165) is 25.4 Å². The first-order valence-corrected chi connectivity index (χ1v) is 9.17. The smallest absolute Gasteiger partial charge is 0.124 e. The lowest BCUT2D eigenvalue weighted by molar-refractivity contribution is 0.203. The lowest BCUT2D eigenvalue weighted by Gasteiger charge is -2.32. The summed E-state index contributed by atoms with van der Waals surface area (Å²) in [6.07, 6.45) is 4.49. The van der Waals surface area contributed by atoms with Gasteiger partial charge in [-0.25, -0.2) is 0 Å². The van der Waals surface area contributed by atoms with E-state index in [1.807, 2.05) is 6.20 Å². The first kappa shape index (κ1) is 16.2. The molecule has 1 aliphatic rings. The molecule has 3 aromatic rings. The van der Waals surface area contributed by atoms with Crippen LogP contribution in [0.2, 0.25) is 0 Å². The molecule has 4 rings (SSSR count). The molecule has 1 aromatic heterocycles. The number of ether oxygens (including phenoxy) is 1. The van der Waals surface area contributed by atoms with Crippen LogP contribution in [0.15, 0.2) is 48.7 Å². The number of aryl methyl sites for hydroxylation is 1. The third kappa shape index (κ3) is 3.16. The standard InChI is InChI=1S/C22H26N2O/c1-16-14-21(25-2)20(19-8-11-23-22(16)19)15-24-12-9-18(10-13-24)17-6-4-3-5-7-17/h3-8,11,14,18,23H,9-10,12-13,15H2,1-2H3. The Labute approximate surface area is 149 Å². The van der Waals surface area contributed by atoms with E-state index in [0.29, 0.717) is 5.92 Å². The number of nitrogens with zero attached hydrogens (tertiary/aromatic N) is 1. The van der Waals surface area contributed by atoms with Crippen molar-refractivity contribution in [1.82, 2.24) is 9.88 Å². The Morgan fingerprint density at radius 2 is 1.88 bits per heavy atom. The molecule has 0 aliphatic carbocycles. The number of likely N-dealkylation sites (tertiary alicyclic amines) is 1. The monoisotopic (exact) mass is 334 g/mol. The quantitative estimate of drug-likeness (QED) is 0.737. The van der Waals surface area contributed by atoms with Crippen molar-refractivity contribution in [1.29, 1.82) is 0 Å². The number of hydrogen-bond acceptors (Lipinski definition) is 2. The van der Waals surface area contributed by atoms with Gasteiger partial charge in [0.25, 0.3) is 0 Å². The highest BCUT2D eigenvalue weighted by molar-refractivity contribution is 5.88. The van der Waals surface area contributed by atoms with Gasteiger partial charge in [0, 0.05) is 29.2 Å². The molecule has 2 heterocycles. The van der Waals surface area contributed by atoms with E-state index in [-0.39, 0.29) is 0 Å². The Morgan fingerprint density at radius 3 is 2.60 bits per heavy atom. The Bertz CT molecular complexity index is 845. The maximum atomic E-state index is 5.70. The number of nitrogens with one attached hydrogen (secondary N) is 1. The van der Waals surface area contributed by atoms with Crippen LogP contribution < -0.4 is 4.74 Å². The van der Waals surface area contributed by atoms with Crippen molar-refractivity contribution in [2.75, 3.05) is 20.2 Å². The number of aromatic nitrogens is 1. The molecule has 1 fully saturated rings. The zero-order valence-electron chi connectivity index (χ0n) is 15.1. The van der Waals surface area contributed by atoms with Crippen LogP contribution in [0, 0.1) is 6.92 Å². The van der Waals surface area contributed by atoms with Crippen molar-refractivity contribution < 1.29 is 4.74 Å². The summed E-state index contributed by atoms with van der Waals surface area (Å²) in [6.45, 7) is 5.38. The van der Waals surface area contributed by atoms with Crippen molar-refractivity contribution in [3.8, 4) is 5.75 Å². The highest BCUT2D eigenvalue weighted by atomic mass is 16.5. The van der Waals surface area contributed by atoms with Gasteiger partial charge in [-0.15, -0.1) is 0 Å². The summed E-state index contributed by atoms with van der Waals surface area (Å²) in [5.41, 5.74) is 5.27. The summed E-state index contributed by atoms with van der Waals surface area (Å²) in [6, 6.07) is 15.3. The van der Waals surface area contributed by atoms with Crippen LogP contribution in [0.5, 0.6) is 5.75 Å². The van der Waals surface area contributed by atoms with E-state index in [1.165, 1.54) is 40.4 Å². The van der Waals surface area contributed by atoms with Crippen LogP contribution in [0.25, 0.3) is 10.9 Å². The van der Waals surface area contributed by atoms with E-state index >= 15 is 0 Å². The van der Waals surface area contributed by atoms with Gasteiger partial charge in [-0.2, -0.15) is 0 Å². The molecular formula is C22H26N2O. The lowest BCUT2D eigenvalue weighted by atomic mass is 9.89. The van der Waals surface area contributed by atoms with E-state index < -0.39 is 0 Å². The summed E-state index contributed by atoms with van der Waals surface area (Å²) >= 11 is 0. The molecule has 0 saturated carbocycles. The second-order valence-electron chi connectivity index (χ2n) is 7.10. The molecule has 1 aliphatic heterocycles. The van der Waals surface area contributed by atoms with Crippen LogP contribution in [0.3, 0.4) is 0 Å². The predicted molar refractivity (Wildman–Crippen MR) is 103 cm³/mol.